The number of hydrogen-bond acceptors (Lipinski definition) is 6. The van der Waals surface area contributed by atoms with E-state index in [2.05, 4.69) is 32.2 Å². The first-order valence-electron chi connectivity index (χ1n) is 6.52. The number of piperidine rings is 1. The van der Waals surface area contributed by atoms with Gasteiger partial charge in [-0.1, -0.05) is 6.42 Å². The van der Waals surface area contributed by atoms with Gasteiger partial charge in [0.1, 0.15) is 0 Å². The summed E-state index contributed by atoms with van der Waals surface area (Å²) in [5, 5.41) is 5.90. The van der Waals surface area contributed by atoms with Crippen molar-refractivity contribution in [1.29, 1.82) is 0 Å². The van der Waals surface area contributed by atoms with Crippen LogP contribution in [0.5, 0.6) is 0 Å². The van der Waals surface area contributed by atoms with E-state index in [1.54, 1.807) is 17.5 Å². The summed E-state index contributed by atoms with van der Waals surface area (Å²) >= 11 is 1.55. The zero-order chi connectivity index (χ0) is 13.1. The molecule has 3 rings (SSSR count). The highest BCUT2D eigenvalue weighted by molar-refractivity contribution is 7.13. The Balaban J connectivity index is 1.79. The number of likely N-dealkylation sites (tertiary alicyclic amines) is 1. The second-order valence-corrected chi connectivity index (χ2v) is 5.65. The minimum absolute atomic E-state index is 0.411. The molecule has 1 saturated heterocycles. The van der Waals surface area contributed by atoms with Crippen LogP contribution in [0.1, 0.15) is 31.0 Å². The standard InChI is InChI=1S/C13H17N5S/c1-18-8-3-2-4-11(18)10-5-6-14-12(16-10)17-13-15-7-9-19-13/h5-7,9,11H,2-4,8H2,1H3,(H,14,15,16,17). The zero-order valence-electron chi connectivity index (χ0n) is 10.9. The maximum atomic E-state index is 4.62. The fourth-order valence-electron chi connectivity index (χ4n) is 2.45. The summed E-state index contributed by atoms with van der Waals surface area (Å²) < 4.78 is 0. The van der Waals surface area contributed by atoms with Crippen molar-refractivity contribution < 1.29 is 0 Å². The number of aromatic nitrogens is 3. The van der Waals surface area contributed by atoms with E-state index >= 15 is 0 Å². The Morgan fingerprint density at radius 1 is 1.32 bits per heavy atom. The van der Waals surface area contributed by atoms with Gasteiger partial charge in [0.15, 0.2) is 5.13 Å². The maximum Gasteiger partial charge on any atom is 0.229 e. The Morgan fingerprint density at radius 3 is 3.05 bits per heavy atom. The average Bonchev–Trinajstić information content (AvgIpc) is 2.92. The normalized spacial score (nSPS) is 20.4. The first-order chi connectivity index (χ1) is 9.33. The number of nitrogens with zero attached hydrogens (tertiary/aromatic N) is 4. The summed E-state index contributed by atoms with van der Waals surface area (Å²) in [4.78, 5) is 15.4. The van der Waals surface area contributed by atoms with E-state index in [0.717, 1.165) is 17.4 Å². The fraction of sp³-hybridized carbons (Fsp3) is 0.462. The second-order valence-electron chi connectivity index (χ2n) is 4.76. The first-order valence-corrected chi connectivity index (χ1v) is 7.40. The minimum Gasteiger partial charge on any atom is -0.300 e. The number of hydrogen-bond donors (Lipinski definition) is 1. The molecule has 5 nitrogen and oxygen atoms in total. The van der Waals surface area contributed by atoms with Gasteiger partial charge in [0.25, 0.3) is 0 Å². The molecule has 3 heterocycles. The van der Waals surface area contributed by atoms with Crippen molar-refractivity contribution in [2.75, 3.05) is 18.9 Å². The Kier molecular flexibility index (Phi) is 3.70. The molecule has 19 heavy (non-hydrogen) atoms. The molecular formula is C13H17N5S. The van der Waals surface area contributed by atoms with Crippen LogP contribution in [0.25, 0.3) is 0 Å². The van der Waals surface area contributed by atoms with E-state index in [4.69, 9.17) is 0 Å². The predicted octanol–water partition coefficient (Wildman–Crippen LogP) is 2.83. The molecule has 2 aromatic rings. The van der Waals surface area contributed by atoms with Crippen molar-refractivity contribution in [2.24, 2.45) is 0 Å². The third-order valence-corrected chi connectivity index (χ3v) is 4.13. The lowest BCUT2D eigenvalue weighted by atomic mass is 10.00. The maximum absolute atomic E-state index is 4.62. The number of nitrogens with one attached hydrogen (secondary N) is 1. The van der Waals surface area contributed by atoms with Crippen molar-refractivity contribution in [2.45, 2.75) is 25.3 Å². The van der Waals surface area contributed by atoms with E-state index in [-0.39, 0.29) is 0 Å². The van der Waals surface area contributed by atoms with Crippen LogP contribution >= 0.6 is 11.3 Å². The van der Waals surface area contributed by atoms with Crippen molar-refractivity contribution in [1.82, 2.24) is 19.9 Å². The van der Waals surface area contributed by atoms with Crippen molar-refractivity contribution >= 4 is 22.4 Å². The van der Waals surface area contributed by atoms with Gasteiger partial charge >= 0.3 is 0 Å². The summed E-state index contributed by atoms with van der Waals surface area (Å²) in [7, 11) is 2.17. The van der Waals surface area contributed by atoms with Gasteiger partial charge < -0.3 is 5.32 Å². The zero-order valence-corrected chi connectivity index (χ0v) is 11.7. The summed E-state index contributed by atoms with van der Waals surface area (Å²) in [6.45, 7) is 1.14. The third-order valence-electron chi connectivity index (χ3n) is 3.44. The molecule has 0 spiro atoms. The molecule has 1 N–H and O–H groups in total. The van der Waals surface area contributed by atoms with Crippen LogP contribution in [0.2, 0.25) is 0 Å². The molecule has 0 amide bonds. The van der Waals surface area contributed by atoms with Crippen LogP contribution in [0.3, 0.4) is 0 Å². The van der Waals surface area contributed by atoms with Crippen LogP contribution < -0.4 is 5.32 Å². The Hall–Kier alpha value is -1.53. The van der Waals surface area contributed by atoms with Crippen LogP contribution in [-0.4, -0.2) is 33.4 Å². The lowest BCUT2D eigenvalue weighted by Crippen LogP contribution is -2.30. The van der Waals surface area contributed by atoms with Gasteiger partial charge in [0.2, 0.25) is 5.95 Å². The minimum atomic E-state index is 0.411. The summed E-state index contributed by atoms with van der Waals surface area (Å²) in [5.41, 5.74) is 1.09. The molecule has 1 aliphatic rings. The molecule has 0 aliphatic carbocycles. The largest absolute Gasteiger partial charge is 0.300 e. The molecule has 0 saturated carbocycles. The lowest BCUT2D eigenvalue weighted by Gasteiger charge is -2.31. The number of rotatable bonds is 3. The Morgan fingerprint density at radius 2 is 2.26 bits per heavy atom. The molecule has 1 unspecified atom stereocenters. The summed E-state index contributed by atoms with van der Waals surface area (Å²) in [6, 6.07) is 2.42. The first kappa shape index (κ1) is 12.5. The molecule has 1 fully saturated rings. The summed E-state index contributed by atoms with van der Waals surface area (Å²) in [6.07, 6.45) is 7.31. The smallest absolute Gasteiger partial charge is 0.229 e. The van der Waals surface area contributed by atoms with E-state index in [1.165, 1.54) is 19.3 Å². The van der Waals surface area contributed by atoms with Crippen molar-refractivity contribution in [3.63, 3.8) is 0 Å². The molecule has 100 valence electrons. The SMILES string of the molecule is CN1CCCCC1c1ccnc(Nc2nccs2)n1. The van der Waals surface area contributed by atoms with E-state index in [0.29, 0.717) is 12.0 Å². The number of thiazole rings is 1. The highest BCUT2D eigenvalue weighted by Gasteiger charge is 2.22. The molecular weight excluding hydrogens is 258 g/mol. The second kappa shape index (κ2) is 5.63. The van der Waals surface area contributed by atoms with Crippen molar-refractivity contribution in [3.05, 3.63) is 29.5 Å². The van der Waals surface area contributed by atoms with Crippen LogP contribution in [-0.2, 0) is 0 Å². The predicted molar refractivity (Wildman–Crippen MR) is 76.7 cm³/mol. The van der Waals surface area contributed by atoms with E-state index in [1.807, 2.05) is 17.6 Å². The molecule has 2 aromatic heterocycles. The lowest BCUT2D eigenvalue weighted by molar-refractivity contribution is 0.183. The highest BCUT2D eigenvalue weighted by atomic mass is 32.1. The van der Waals surface area contributed by atoms with E-state index < -0.39 is 0 Å². The highest BCUT2D eigenvalue weighted by Crippen LogP contribution is 2.28. The Labute approximate surface area is 116 Å². The van der Waals surface area contributed by atoms with Gasteiger partial charge in [0.05, 0.1) is 11.7 Å². The number of anilines is 2. The van der Waals surface area contributed by atoms with E-state index in [9.17, 15) is 0 Å². The van der Waals surface area contributed by atoms with Gasteiger partial charge in [-0.25, -0.2) is 15.0 Å². The molecule has 0 aromatic carbocycles. The monoisotopic (exact) mass is 275 g/mol. The van der Waals surface area contributed by atoms with Crippen LogP contribution in [0.15, 0.2) is 23.8 Å². The molecule has 1 aliphatic heterocycles. The van der Waals surface area contributed by atoms with Gasteiger partial charge in [-0.2, -0.15) is 0 Å². The molecule has 0 bridgehead atoms. The van der Waals surface area contributed by atoms with Crippen LogP contribution in [0.4, 0.5) is 11.1 Å². The topological polar surface area (TPSA) is 53.9 Å². The average molecular weight is 275 g/mol. The van der Waals surface area contributed by atoms with Gasteiger partial charge in [0, 0.05) is 17.8 Å². The van der Waals surface area contributed by atoms with Gasteiger partial charge in [-0.15, -0.1) is 11.3 Å². The third kappa shape index (κ3) is 2.90. The molecule has 1 atom stereocenters. The van der Waals surface area contributed by atoms with Crippen LogP contribution in [0, 0.1) is 0 Å². The molecule has 6 heteroatoms. The quantitative estimate of drug-likeness (QED) is 0.933. The van der Waals surface area contributed by atoms with Gasteiger partial charge in [-0.05, 0) is 32.5 Å². The Bertz CT molecular complexity index is 528. The fourth-order valence-corrected chi connectivity index (χ4v) is 2.97. The van der Waals surface area contributed by atoms with Gasteiger partial charge in [-0.3, -0.25) is 4.90 Å². The molecule has 0 radical (unpaired) electrons. The van der Waals surface area contributed by atoms with Crippen molar-refractivity contribution in [3.8, 4) is 0 Å². The summed E-state index contributed by atoms with van der Waals surface area (Å²) in [5.74, 6) is 0.631.